The first-order chi connectivity index (χ1) is 13.7. The van der Waals surface area contributed by atoms with Gasteiger partial charge in [-0.2, -0.15) is 5.26 Å². The molecule has 2 atom stereocenters. The largest absolute Gasteiger partial charge is 0.497 e. The van der Waals surface area contributed by atoms with Gasteiger partial charge in [0.05, 0.1) is 31.4 Å². The predicted molar refractivity (Wildman–Crippen MR) is 103 cm³/mol. The molecule has 28 heavy (non-hydrogen) atoms. The number of anilines is 1. The molecule has 0 fully saturated rings. The number of carbonyl (C=O) groups is 1. The molecule has 0 radical (unpaired) electrons. The number of ether oxygens (including phenoxy) is 3. The number of para-hydroxylation sites is 2. The summed E-state index contributed by atoms with van der Waals surface area (Å²) >= 11 is 0. The third-order valence-electron chi connectivity index (χ3n) is 5.09. The van der Waals surface area contributed by atoms with E-state index in [9.17, 15) is 10.1 Å². The number of nitriles is 1. The van der Waals surface area contributed by atoms with E-state index >= 15 is 0 Å². The number of benzene rings is 2. The third-order valence-corrected chi connectivity index (χ3v) is 5.09. The van der Waals surface area contributed by atoms with E-state index in [2.05, 4.69) is 6.07 Å². The summed E-state index contributed by atoms with van der Waals surface area (Å²) in [6.07, 6.45) is 0.426. The van der Waals surface area contributed by atoms with Gasteiger partial charge in [-0.1, -0.05) is 24.3 Å². The number of carbonyl (C=O) groups excluding carboxylic acids is 1. The van der Waals surface area contributed by atoms with Gasteiger partial charge < -0.3 is 19.1 Å². The van der Waals surface area contributed by atoms with E-state index in [0.717, 1.165) is 17.0 Å². The molecule has 0 saturated heterocycles. The van der Waals surface area contributed by atoms with E-state index < -0.39 is 11.9 Å². The van der Waals surface area contributed by atoms with Crippen LogP contribution in [0.4, 0.5) is 5.69 Å². The van der Waals surface area contributed by atoms with Gasteiger partial charge >= 0.3 is 5.97 Å². The summed E-state index contributed by atoms with van der Waals surface area (Å²) in [5.41, 5.74) is 2.19. The van der Waals surface area contributed by atoms with E-state index in [1.165, 1.54) is 0 Å². The molecular formula is C22H20N2O4. The Hall–Kier alpha value is -3.46. The van der Waals surface area contributed by atoms with Crippen molar-refractivity contribution >= 4 is 11.7 Å². The third kappa shape index (κ3) is 2.85. The maximum absolute atomic E-state index is 12.6. The molecule has 6 heteroatoms. The number of hydrogen-bond donors (Lipinski definition) is 0. The van der Waals surface area contributed by atoms with E-state index in [1.807, 2.05) is 53.4 Å². The zero-order chi connectivity index (χ0) is 19.7. The van der Waals surface area contributed by atoms with Crippen LogP contribution in [0, 0.1) is 17.2 Å². The fraction of sp³-hybridized carbons (Fsp3) is 0.273. The molecule has 2 heterocycles. The number of fused-ring (bicyclic) bond motifs is 3. The second kappa shape index (κ2) is 7.28. The fourth-order valence-corrected chi connectivity index (χ4v) is 3.79. The van der Waals surface area contributed by atoms with Gasteiger partial charge in [-0.15, -0.1) is 0 Å². The molecule has 142 valence electrons. The number of esters is 1. The quantitative estimate of drug-likeness (QED) is 0.753. The van der Waals surface area contributed by atoms with E-state index in [4.69, 9.17) is 14.2 Å². The normalized spacial score (nSPS) is 20.0. The average Bonchev–Trinajstić information content (AvgIpc) is 3.12. The highest BCUT2D eigenvalue weighted by atomic mass is 16.5. The Kier molecular flexibility index (Phi) is 4.66. The number of hydrogen-bond acceptors (Lipinski definition) is 6. The van der Waals surface area contributed by atoms with Crippen LogP contribution in [-0.2, 0) is 9.53 Å². The highest BCUT2D eigenvalue weighted by molar-refractivity contribution is 5.80. The maximum Gasteiger partial charge on any atom is 0.314 e. The SMILES string of the molecule is CCOC(=O)[C@H]1C[C@@H](c2ccc(OC)cc2)N2C(=C1C#N)Oc1ccccc12. The second-order valence-corrected chi connectivity index (χ2v) is 6.60. The van der Waals surface area contributed by atoms with Crippen LogP contribution >= 0.6 is 0 Å². The number of rotatable bonds is 4. The summed E-state index contributed by atoms with van der Waals surface area (Å²) in [6.45, 7) is 2.02. The molecule has 4 rings (SSSR count). The molecule has 0 bridgehead atoms. The van der Waals surface area contributed by atoms with Crippen molar-refractivity contribution in [3.05, 3.63) is 65.6 Å². The summed E-state index contributed by atoms with van der Waals surface area (Å²) in [7, 11) is 1.62. The van der Waals surface area contributed by atoms with Gasteiger partial charge in [0.2, 0.25) is 5.88 Å². The van der Waals surface area contributed by atoms with Gasteiger partial charge in [0.25, 0.3) is 0 Å². The van der Waals surface area contributed by atoms with Gasteiger partial charge in [0, 0.05) is 0 Å². The van der Waals surface area contributed by atoms with Crippen LogP contribution < -0.4 is 14.4 Å². The highest BCUT2D eigenvalue weighted by Gasteiger charge is 2.45. The molecule has 2 aliphatic rings. The lowest BCUT2D eigenvalue weighted by Crippen LogP contribution is -2.38. The van der Waals surface area contributed by atoms with Crippen LogP contribution in [0.15, 0.2) is 60.0 Å². The standard InChI is InChI=1S/C22H20N2O4/c1-3-27-22(25)16-12-19(14-8-10-15(26-2)11-9-14)24-18-6-4-5-7-20(18)28-21(24)17(16)13-23/h4-11,16,19H,3,12H2,1-2H3/t16-,19-/m0/s1. The van der Waals surface area contributed by atoms with Crippen LogP contribution in [0.5, 0.6) is 11.5 Å². The van der Waals surface area contributed by atoms with Crippen LogP contribution in [0.2, 0.25) is 0 Å². The molecule has 2 aromatic carbocycles. The summed E-state index contributed by atoms with van der Waals surface area (Å²) in [4.78, 5) is 14.6. The topological polar surface area (TPSA) is 71.8 Å². The Morgan fingerprint density at radius 3 is 2.68 bits per heavy atom. The van der Waals surface area contributed by atoms with Crippen molar-refractivity contribution in [1.29, 1.82) is 5.26 Å². The van der Waals surface area contributed by atoms with Crippen LogP contribution in [-0.4, -0.2) is 19.7 Å². The van der Waals surface area contributed by atoms with Crippen molar-refractivity contribution in [2.45, 2.75) is 19.4 Å². The van der Waals surface area contributed by atoms with Crippen LogP contribution in [0.3, 0.4) is 0 Å². The second-order valence-electron chi connectivity index (χ2n) is 6.60. The lowest BCUT2D eigenvalue weighted by atomic mass is 9.85. The maximum atomic E-state index is 12.6. The minimum Gasteiger partial charge on any atom is -0.497 e. The Balaban J connectivity index is 1.84. The fourth-order valence-electron chi connectivity index (χ4n) is 3.79. The molecule has 0 spiro atoms. The zero-order valence-corrected chi connectivity index (χ0v) is 15.7. The molecule has 2 aliphatic heterocycles. The average molecular weight is 376 g/mol. The minimum atomic E-state index is -0.669. The first-order valence-electron chi connectivity index (χ1n) is 9.18. The van der Waals surface area contributed by atoms with Gasteiger partial charge in [0.1, 0.15) is 17.4 Å². The number of methoxy groups -OCH3 is 1. The van der Waals surface area contributed by atoms with Gasteiger partial charge in [-0.3, -0.25) is 4.79 Å². The highest BCUT2D eigenvalue weighted by Crippen LogP contribution is 2.51. The Morgan fingerprint density at radius 1 is 1.25 bits per heavy atom. The monoisotopic (exact) mass is 376 g/mol. The Bertz CT molecular complexity index is 975. The molecule has 0 aliphatic carbocycles. The molecule has 0 amide bonds. The van der Waals surface area contributed by atoms with E-state index in [1.54, 1.807) is 14.0 Å². The first kappa shape index (κ1) is 17.9. The summed E-state index contributed by atoms with van der Waals surface area (Å²) in [5.74, 6) is 0.775. The van der Waals surface area contributed by atoms with Crippen molar-refractivity contribution in [2.75, 3.05) is 18.6 Å². The van der Waals surface area contributed by atoms with Crippen LogP contribution in [0.1, 0.15) is 24.9 Å². The van der Waals surface area contributed by atoms with Crippen molar-refractivity contribution in [3.63, 3.8) is 0 Å². The van der Waals surface area contributed by atoms with Crippen molar-refractivity contribution in [1.82, 2.24) is 0 Å². The summed E-state index contributed by atoms with van der Waals surface area (Å²) in [5, 5.41) is 9.79. The molecule has 0 unspecified atom stereocenters. The molecule has 0 saturated carbocycles. The lowest BCUT2D eigenvalue weighted by molar-refractivity contribution is -0.147. The predicted octanol–water partition coefficient (Wildman–Crippen LogP) is 3.95. The summed E-state index contributed by atoms with van der Waals surface area (Å²) < 4.78 is 16.5. The lowest BCUT2D eigenvalue weighted by Gasteiger charge is -2.36. The number of nitrogens with zero attached hydrogens (tertiary/aromatic N) is 2. The molecular weight excluding hydrogens is 356 g/mol. The molecule has 0 N–H and O–H groups in total. The van der Waals surface area contributed by atoms with Crippen molar-refractivity contribution < 1.29 is 19.0 Å². The van der Waals surface area contributed by atoms with Gasteiger partial charge in [-0.05, 0) is 43.2 Å². The zero-order valence-electron chi connectivity index (χ0n) is 15.7. The Morgan fingerprint density at radius 2 is 2.00 bits per heavy atom. The summed E-state index contributed by atoms with van der Waals surface area (Å²) in [6, 6.07) is 17.4. The molecule has 2 aromatic rings. The first-order valence-corrected chi connectivity index (χ1v) is 9.18. The van der Waals surface area contributed by atoms with E-state index in [0.29, 0.717) is 23.6 Å². The minimum absolute atomic E-state index is 0.170. The van der Waals surface area contributed by atoms with Gasteiger partial charge in [0.15, 0.2) is 5.75 Å². The van der Waals surface area contributed by atoms with Crippen molar-refractivity contribution in [2.24, 2.45) is 5.92 Å². The molecule has 6 nitrogen and oxygen atoms in total. The van der Waals surface area contributed by atoms with Crippen LogP contribution in [0.25, 0.3) is 0 Å². The smallest absolute Gasteiger partial charge is 0.314 e. The Labute approximate surface area is 163 Å². The van der Waals surface area contributed by atoms with Gasteiger partial charge in [-0.25, -0.2) is 0 Å². The molecule has 0 aromatic heterocycles. The van der Waals surface area contributed by atoms with E-state index in [-0.39, 0.29) is 12.6 Å². The van der Waals surface area contributed by atoms with Crippen molar-refractivity contribution in [3.8, 4) is 17.6 Å².